The molecule has 0 heterocycles. The second-order valence-electron chi connectivity index (χ2n) is 9.68. The van der Waals surface area contributed by atoms with Crippen LogP contribution in [0.15, 0.2) is 48.5 Å². The first kappa shape index (κ1) is 25.6. The standard InChI is InChI=1S/C27H31F5O3/c1-33-23-12-8-21(9-13-23)19-4-2-18(3-5-19)20-6-10-22(11-7-20)26(28,29)34-24-14-16-25(17-15-24)35-27(30,31)32/h8-9,12-20,22H,2-7,10-11H2,1H3. The van der Waals surface area contributed by atoms with Crippen LogP contribution >= 0.6 is 0 Å². The number of methoxy groups -OCH3 is 1. The fourth-order valence-corrected chi connectivity index (χ4v) is 5.68. The molecule has 4 rings (SSSR count). The van der Waals surface area contributed by atoms with Gasteiger partial charge in [-0.05, 0) is 111 Å². The van der Waals surface area contributed by atoms with E-state index in [0.29, 0.717) is 30.6 Å². The third-order valence-corrected chi connectivity index (χ3v) is 7.58. The quantitative estimate of drug-likeness (QED) is 0.359. The molecular weight excluding hydrogens is 467 g/mol. The van der Waals surface area contributed by atoms with Crippen LogP contribution in [0.25, 0.3) is 0 Å². The van der Waals surface area contributed by atoms with Crippen molar-refractivity contribution in [3.05, 3.63) is 54.1 Å². The van der Waals surface area contributed by atoms with Gasteiger partial charge in [0.15, 0.2) is 0 Å². The molecule has 2 aliphatic carbocycles. The highest BCUT2D eigenvalue weighted by atomic mass is 19.4. The highest BCUT2D eigenvalue weighted by molar-refractivity contribution is 5.32. The maximum absolute atomic E-state index is 14.8. The summed E-state index contributed by atoms with van der Waals surface area (Å²) in [7, 11) is 1.66. The van der Waals surface area contributed by atoms with Crippen LogP contribution in [0.4, 0.5) is 22.0 Å². The lowest BCUT2D eigenvalue weighted by atomic mass is 9.68. The van der Waals surface area contributed by atoms with E-state index in [-0.39, 0.29) is 5.75 Å². The Bertz CT molecular complexity index is 927. The van der Waals surface area contributed by atoms with Gasteiger partial charge in [0.1, 0.15) is 17.2 Å². The van der Waals surface area contributed by atoms with Gasteiger partial charge in [0, 0.05) is 0 Å². The van der Waals surface area contributed by atoms with Crippen molar-refractivity contribution in [2.45, 2.75) is 69.8 Å². The van der Waals surface area contributed by atoms with Crippen LogP contribution in [0.1, 0.15) is 62.8 Å². The number of benzene rings is 2. The number of halogens is 5. The molecule has 3 nitrogen and oxygen atoms in total. The Morgan fingerprint density at radius 1 is 0.600 bits per heavy atom. The predicted molar refractivity (Wildman–Crippen MR) is 122 cm³/mol. The van der Waals surface area contributed by atoms with E-state index in [1.807, 2.05) is 12.1 Å². The Labute approximate surface area is 202 Å². The van der Waals surface area contributed by atoms with Gasteiger partial charge in [0.2, 0.25) is 0 Å². The molecule has 0 unspecified atom stereocenters. The third-order valence-electron chi connectivity index (χ3n) is 7.58. The number of rotatable bonds is 7. The molecular formula is C27H31F5O3. The molecule has 2 saturated carbocycles. The van der Waals surface area contributed by atoms with Gasteiger partial charge in [-0.1, -0.05) is 12.1 Å². The summed E-state index contributed by atoms with van der Waals surface area (Å²) >= 11 is 0. The molecule has 2 aliphatic rings. The molecule has 192 valence electrons. The minimum absolute atomic E-state index is 0.177. The molecule has 2 fully saturated rings. The van der Waals surface area contributed by atoms with Crippen molar-refractivity contribution in [1.82, 2.24) is 0 Å². The van der Waals surface area contributed by atoms with Crippen molar-refractivity contribution >= 4 is 0 Å². The van der Waals surface area contributed by atoms with Crippen LogP contribution in [-0.2, 0) is 0 Å². The molecule has 0 N–H and O–H groups in total. The first-order valence-corrected chi connectivity index (χ1v) is 12.2. The average molecular weight is 499 g/mol. The second kappa shape index (κ2) is 10.6. The topological polar surface area (TPSA) is 27.7 Å². The van der Waals surface area contributed by atoms with Crippen LogP contribution in [-0.4, -0.2) is 19.6 Å². The van der Waals surface area contributed by atoms with E-state index in [1.54, 1.807) is 7.11 Å². The van der Waals surface area contributed by atoms with Crippen molar-refractivity contribution in [3.63, 3.8) is 0 Å². The van der Waals surface area contributed by atoms with E-state index in [4.69, 9.17) is 9.47 Å². The summed E-state index contributed by atoms with van der Waals surface area (Å²) in [6, 6.07) is 12.3. The fourth-order valence-electron chi connectivity index (χ4n) is 5.68. The van der Waals surface area contributed by atoms with E-state index in [2.05, 4.69) is 16.9 Å². The molecule has 0 bridgehead atoms. The van der Waals surface area contributed by atoms with E-state index < -0.39 is 24.1 Å². The fraction of sp³-hybridized carbons (Fsp3) is 0.556. The van der Waals surface area contributed by atoms with Crippen molar-refractivity contribution in [1.29, 1.82) is 0 Å². The Balaban J connectivity index is 1.24. The van der Waals surface area contributed by atoms with Crippen LogP contribution in [0.5, 0.6) is 17.2 Å². The van der Waals surface area contributed by atoms with Crippen LogP contribution in [0, 0.1) is 17.8 Å². The van der Waals surface area contributed by atoms with E-state index in [9.17, 15) is 22.0 Å². The molecule has 0 amide bonds. The van der Waals surface area contributed by atoms with Crippen molar-refractivity contribution < 1.29 is 36.2 Å². The summed E-state index contributed by atoms with van der Waals surface area (Å²) in [6.07, 6.45) is -1.48. The number of ether oxygens (including phenoxy) is 3. The van der Waals surface area contributed by atoms with Gasteiger partial charge in [0.25, 0.3) is 0 Å². The van der Waals surface area contributed by atoms with Crippen LogP contribution in [0.2, 0.25) is 0 Å². The predicted octanol–water partition coefficient (Wildman–Crippen LogP) is 8.35. The molecule has 8 heteroatoms. The maximum atomic E-state index is 14.8. The van der Waals surface area contributed by atoms with Gasteiger partial charge >= 0.3 is 12.5 Å². The molecule has 0 saturated heterocycles. The van der Waals surface area contributed by atoms with Gasteiger partial charge in [-0.3, -0.25) is 0 Å². The zero-order valence-electron chi connectivity index (χ0n) is 19.7. The lowest BCUT2D eigenvalue weighted by Gasteiger charge is -2.39. The highest BCUT2D eigenvalue weighted by Gasteiger charge is 2.45. The van der Waals surface area contributed by atoms with E-state index >= 15 is 0 Å². The van der Waals surface area contributed by atoms with Gasteiger partial charge in [-0.2, -0.15) is 8.78 Å². The lowest BCUT2D eigenvalue weighted by Crippen LogP contribution is -2.38. The summed E-state index contributed by atoms with van der Waals surface area (Å²) in [5, 5.41) is 0. The Morgan fingerprint density at radius 2 is 1.06 bits per heavy atom. The average Bonchev–Trinajstić information content (AvgIpc) is 2.84. The smallest absolute Gasteiger partial charge is 0.497 e. The third kappa shape index (κ3) is 6.79. The zero-order valence-corrected chi connectivity index (χ0v) is 19.7. The van der Waals surface area contributed by atoms with Crippen LogP contribution < -0.4 is 14.2 Å². The normalized spacial score (nSPS) is 25.7. The molecule has 0 radical (unpaired) electrons. The maximum Gasteiger partial charge on any atom is 0.573 e. The van der Waals surface area contributed by atoms with Gasteiger partial charge in [-0.15, -0.1) is 13.2 Å². The van der Waals surface area contributed by atoms with Gasteiger partial charge in [0.05, 0.1) is 13.0 Å². The lowest BCUT2D eigenvalue weighted by molar-refractivity contribution is -0.274. The largest absolute Gasteiger partial charge is 0.573 e. The van der Waals surface area contributed by atoms with E-state index in [0.717, 1.165) is 68.5 Å². The molecule has 35 heavy (non-hydrogen) atoms. The SMILES string of the molecule is COc1ccc(C2CCC(C3CCC(C(F)(F)Oc4ccc(OC(F)(F)F)cc4)CC3)CC2)cc1. The second-order valence-corrected chi connectivity index (χ2v) is 9.68. The molecule has 2 aromatic carbocycles. The summed E-state index contributed by atoms with van der Waals surface area (Å²) in [5.41, 5.74) is 1.34. The number of hydrogen-bond donors (Lipinski definition) is 0. The van der Waals surface area contributed by atoms with Crippen molar-refractivity contribution in [3.8, 4) is 17.2 Å². The number of hydrogen-bond acceptors (Lipinski definition) is 3. The molecule has 0 aliphatic heterocycles. The Kier molecular flexibility index (Phi) is 7.77. The van der Waals surface area contributed by atoms with E-state index in [1.165, 1.54) is 5.56 Å². The van der Waals surface area contributed by atoms with Gasteiger partial charge < -0.3 is 14.2 Å². The first-order chi connectivity index (χ1) is 16.6. The van der Waals surface area contributed by atoms with Crippen molar-refractivity contribution in [2.24, 2.45) is 17.8 Å². The molecule has 0 aromatic heterocycles. The Morgan fingerprint density at radius 3 is 1.54 bits per heavy atom. The zero-order chi connectivity index (χ0) is 25.1. The monoisotopic (exact) mass is 498 g/mol. The molecule has 2 aromatic rings. The van der Waals surface area contributed by atoms with Crippen LogP contribution in [0.3, 0.4) is 0 Å². The number of alkyl halides is 5. The summed E-state index contributed by atoms with van der Waals surface area (Å²) in [4.78, 5) is 0. The minimum Gasteiger partial charge on any atom is -0.497 e. The van der Waals surface area contributed by atoms with Gasteiger partial charge in [-0.25, -0.2) is 0 Å². The van der Waals surface area contributed by atoms with Crippen molar-refractivity contribution in [2.75, 3.05) is 7.11 Å². The molecule has 0 atom stereocenters. The summed E-state index contributed by atoms with van der Waals surface area (Å²) in [6.45, 7) is 0. The first-order valence-electron chi connectivity index (χ1n) is 12.2. The summed E-state index contributed by atoms with van der Waals surface area (Å²) < 4.78 is 80.3. The summed E-state index contributed by atoms with van der Waals surface area (Å²) in [5.74, 6) is 0.866. The highest BCUT2D eigenvalue weighted by Crippen LogP contribution is 2.47. The Hall–Kier alpha value is -2.51. The minimum atomic E-state index is -4.83. The molecule has 0 spiro atoms.